The molecular formula is C21H24ClF. The first-order valence-corrected chi connectivity index (χ1v) is 8.91. The summed E-state index contributed by atoms with van der Waals surface area (Å²) in [5.74, 6) is 0.809. The van der Waals surface area contributed by atoms with Gasteiger partial charge < -0.3 is 0 Å². The van der Waals surface area contributed by atoms with E-state index in [1.807, 2.05) is 25.1 Å². The van der Waals surface area contributed by atoms with E-state index in [9.17, 15) is 4.39 Å². The average Bonchev–Trinajstić information content (AvgIpc) is 2.88. The lowest BCUT2D eigenvalue weighted by Crippen LogP contribution is -2.16. The molecule has 0 aliphatic heterocycles. The van der Waals surface area contributed by atoms with Crippen LogP contribution in [0.2, 0.25) is 0 Å². The minimum absolute atomic E-state index is 0.147. The Balaban J connectivity index is 2.19. The van der Waals surface area contributed by atoms with Gasteiger partial charge in [-0.3, -0.25) is 0 Å². The highest BCUT2D eigenvalue weighted by Gasteiger charge is 2.37. The molecule has 0 heterocycles. The highest BCUT2D eigenvalue weighted by Crippen LogP contribution is 2.51. The lowest BCUT2D eigenvalue weighted by atomic mass is 9.75. The van der Waals surface area contributed by atoms with E-state index in [-0.39, 0.29) is 11.2 Å². The van der Waals surface area contributed by atoms with Crippen LogP contribution in [0.5, 0.6) is 0 Å². The van der Waals surface area contributed by atoms with Crippen LogP contribution in [-0.4, -0.2) is 0 Å². The average molecular weight is 331 g/mol. The van der Waals surface area contributed by atoms with Crippen LogP contribution in [0.3, 0.4) is 0 Å². The highest BCUT2D eigenvalue weighted by atomic mass is 35.5. The number of hydrogen-bond donors (Lipinski definition) is 0. The van der Waals surface area contributed by atoms with Gasteiger partial charge in [-0.05, 0) is 59.9 Å². The van der Waals surface area contributed by atoms with Crippen LogP contribution >= 0.6 is 11.6 Å². The van der Waals surface area contributed by atoms with Gasteiger partial charge in [0, 0.05) is 11.4 Å². The first-order chi connectivity index (χ1) is 10.9. The lowest BCUT2D eigenvalue weighted by Gasteiger charge is -2.30. The van der Waals surface area contributed by atoms with Gasteiger partial charge in [-0.15, -0.1) is 11.6 Å². The molecule has 0 saturated heterocycles. The van der Waals surface area contributed by atoms with E-state index in [0.29, 0.717) is 17.4 Å². The second-order valence-electron chi connectivity index (χ2n) is 7.47. The smallest absolute Gasteiger partial charge is 0.131 e. The molecular weight excluding hydrogens is 307 g/mol. The van der Waals surface area contributed by atoms with Crippen LogP contribution in [0.1, 0.15) is 55.7 Å². The zero-order valence-electron chi connectivity index (χ0n) is 14.1. The first kappa shape index (κ1) is 16.5. The molecule has 3 rings (SSSR count). The van der Waals surface area contributed by atoms with Gasteiger partial charge in [0.2, 0.25) is 0 Å². The second kappa shape index (κ2) is 6.28. The summed E-state index contributed by atoms with van der Waals surface area (Å²) >= 11 is 6.06. The van der Waals surface area contributed by atoms with E-state index in [2.05, 4.69) is 26.0 Å². The van der Waals surface area contributed by atoms with Gasteiger partial charge in [-0.25, -0.2) is 4.39 Å². The van der Waals surface area contributed by atoms with E-state index in [4.69, 9.17) is 11.6 Å². The zero-order chi connectivity index (χ0) is 16.6. The molecule has 23 heavy (non-hydrogen) atoms. The van der Waals surface area contributed by atoms with Crippen LogP contribution in [0, 0.1) is 18.2 Å². The fourth-order valence-corrected chi connectivity index (χ4v) is 4.14. The third kappa shape index (κ3) is 3.17. The van der Waals surface area contributed by atoms with Gasteiger partial charge in [0.25, 0.3) is 0 Å². The Hall–Kier alpha value is -1.34. The molecule has 0 aromatic heterocycles. The lowest BCUT2D eigenvalue weighted by molar-refractivity contribution is 0.332. The number of rotatable bonds is 3. The quantitative estimate of drug-likeness (QED) is 0.541. The molecule has 1 fully saturated rings. The molecule has 0 spiro atoms. The van der Waals surface area contributed by atoms with Crippen molar-refractivity contribution in [1.29, 1.82) is 0 Å². The summed E-state index contributed by atoms with van der Waals surface area (Å²) < 4.78 is 14.5. The van der Waals surface area contributed by atoms with Crippen molar-refractivity contribution >= 4 is 11.6 Å². The van der Waals surface area contributed by atoms with Crippen molar-refractivity contribution < 1.29 is 4.39 Å². The molecule has 1 aliphatic rings. The van der Waals surface area contributed by atoms with E-state index in [0.717, 1.165) is 16.7 Å². The highest BCUT2D eigenvalue weighted by molar-refractivity contribution is 6.17. The van der Waals surface area contributed by atoms with Gasteiger partial charge in [0.15, 0.2) is 0 Å². The zero-order valence-corrected chi connectivity index (χ0v) is 14.9. The predicted octanol–water partition coefficient (Wildman–Crippen LogP) is 6.83. The third-order valence-electron chi connectivity index (χ3n) is 5.31. The minimum Gasteiger partial charge on any atom is -0.206 e. The second-order valence-corrected chi connectivity index (χ2v) is 7.74. The summed E-state index contributed by atoms with van der Waals surface area (Å²) in [6.45, 7) is 6.66. The normalized spacial score (nSPS) is 20.0. The van der Waals surface area contributed by atoms with Crippen molar-refractivity contribution in [3.8, 4) is 11.1 Å². The topological polar surface area (TPSA) is 0 Å². The molecule has 1 aliphatic carbocycles. The van der Waals surface area contributed by atoms with E-state index >= 15 is 0 Å². The standard InChI is InChI=1S/C21H24ClF/c1-14-6-9-20(23)18(11-14)16-8-7-15(13-22)12-17(16)19-5-4-10-21(19,2)3/h6-9,11-12,19H,4-5,10,13H2,1-3H3. The molecule has 0 bridgehead atoms. The van der Waals surface area contributed by atoms with Crippen LogP contribution in [0.4, 0.5) is 4.39 Å². The Morgan fingerprint density at radius 3 is 2.57 bits per heavy atom. The summed E-state index contributed by atoms with van der Waals surface area (Å²) in [6, 6.07) is 11.6. The van der Waals surface area contributed by atoms with Crippen molar-refractivity contribution in [2.45, 2.75) is 51.8 Å². The molecule has 2 aromatic rings. The Kier molecular flexibility index (Phi) is 4.51. The molecule has 1 unspecified atom stereocenters. The first-order valence-electron chi connectivity index (χ1n) is 8.38. The fourth-order valence-electron chi connectivity index (χ4n) is 3.98. The van der Waals surface area contributed by atoms with Crippen LogP contribution < -0.4 is 0 Å². The summed E-state index contributed by atoms with van der Waals surface area (Å²) in [4.78, 5) is 0. The van der Waals surface area contributed by atoms with Crippen LogP contribution in [0.25, 0.3) is 11.1 Å². The predicted molar refractivity (Wildman–Crippen MR) is 96.5 cm³/mol. The molecule has 0 radical (unpaired) electrons. The number of halogens is 2. The van der Waals surface area contributed by atoms with Crippen molar-refractivity contribution in [2.75, 3.05) is 0 Å². The van der Waals surface area contributed by atoms with Crippen LogP contribution in [-0.2, 0) is 5.88 Å². The molecule has 0 nitrogen and oxygen atoms in total. The Morgan fingerprint density at radius 2 is 1.91 bits per heavy atom. The largest absolute Gasteiger partial charge is 0.206 e. The third-order valence-corrected chi connectivity index (χ3v) is 5.62. The molecule has 1 atom stereocenters. The van der Waals surface area contributed by atoms with Gasteiger partial charge in [0.1, 0.15) is 5.82 Å². The van der Waals surface area contributed by atoms with Gasteiger partial charge >= 0.3 is 0 Å². The van der Waals surface area contributed by atoms with Crippen molar-refractivity contribution in [1.82, 2.24) is 0 Å². The number of aryl methyl sites for hydroxylation is 1. The van der Waals surface area contributed by atoms with Crippen molar-refractivity contribution in [3.05, 3.63) is 58.9 Å². The van der Waals surface area contributed by atoms with E-state index in [1.54, 1.807) is 6.07 Å². The summed E-state index contributed by atoms with van der Waals surface area (Å²) in [5, 5.41) is 0. The molecule has 1 saturated carbocycles. The number of hydrogen-bond acceptors (Lipinski definition) is 0. The minimum atomic E-state index is -0.147. The van der Waals surface area contributed by atoms with Crippen molar-refractivity contribution in [2.24, 2.45) is 5.41 Å². The maximum Gasteiger partial charge on any atom is 0.131 e. The monoisotopic (exact) mass is 330 g/mol. The fraction of sp³-hybridized carbons (Fsp3) is 0.429. The number of alkyl halides is 1. The van der Waals surface area contributed by atoms with E-state index < -0.39 is 0 Å². The van der Waals surface area contributed by atoms with E-state index in [1.165, 1.54) is 24.8 Å². The van der Waals surface area contributed by atoms with Gasteiger partial charge in [-0.1, -0.05) is 50.1 Å². The summed E-state index contributed by atoms with van der Waals surface area (Å²) in [6.07, 6.45) is 3.62. The molecule has 122 valence electrons. The Bertz CT molecular complexity index is 718. The molecule has 0 N–H and O–H groups in total. The summed E-state index contributed by atoms with van der Waals surface area (Å²) in [5.41, 5.74) is 5.44. The Labute approximate surface area is 143 Å². The molecule has 2 heteroatoms. The molecule has 2 aromatic carbocycles. The summed E-state index contributed by atoms with van der Waals surface area (Å²) in [7, 11) is 0. The SMILES string of the molecule is Cc1ccc(F)c(-c2ccc(CCl)cc2C2CCCC2(C)C)c1. The number of benzene rings is 2. The molecule has 0 amide bonds. The van der Waals surface area contributed by atoms with Crippen molar-refractivity contribution in [3.63, 3.8) is 0 Å². The Morgan fingerprint density at radius 1 is 1.13 bits per heavy atom. The van der Waals surface area contributed by atoms with Crippen LogP contribution in [0.15, 0.2) is 36.4 Å². The van der Waals surface area contributed by atoms with Gasteiger partial charge in [-0.2, -0.15) is 0 Å². The van der Waals surface area contributed by atoms with Gasteiger partial charge in [0.05, 0.1) is 0 Å². The maximum atomic E-state index is 14.5. The maximum absolute atomic E-state index is 14.5.